The molecule has 0 aromatic heterocycles. The molecule has 0 aliphatic carbocycles. The molecule has 0 aromatic rings. The molecule has 0 bridgehead atoms. The summed E-state index contributed by atoms with van der Waals surface area (Å²) in [5, 5.41) is 3.21. The zero-order valence-corrected chi connectivity index (χ0v) is 8.81. The van der Waals surface area contributed by atoms with E-state index in [0.29, 0.717) is 12.6 Å². The number of alkyl halides is 3. The number of hydrogen-bond acceptors (Lipinski definition) is 3. The maximum Gasteiger partial charge on any atom is 0.522 e. The molecule has 0 spiro atoms. The summed E-state index contributed by atoms with van der Waals surface area (Å²) < 4.78 is 38.8. The molecule has 0 atom stereocenters. The van der Waals surface area contributed by atoms with Crippen molar-refractivity contribution in [1.29, 1.82) is 0 Å². The van der Waals surface area contributed by atoms with Gasteiger partial charge in [-0.25, -0.2) is 0 Å². The number of rotatable bonds is 4. The maximum absolute atomic E-state index is 11.7. The van der Waals surface area contributed by atoms with Crippen molar-refractivity contribution in [1.82, 2.24) is 10.2 Å². The van der Waals surface area contributed by atoms with Crippen LogP contribution in [0.5, 0.6) is 0 Å². The smallest absolute Gasteiger partial charge is 0.317 e. The van der Waals surface area contributed by atoms with Gasteiger partial charge in [-0.05, 0) is 33.0 Å². The molecule has 1 aliphatic heterocycles. The molecule has 0 unspecified atom stereocenters. The lowest BCUT2D eigenvalue weighted by Crippen LogP contribution is -2.42. The van der Waals surface area contributed by atoms with Gasteiger partial charge in [-0.1, -0.05) is 0 Å². The fourth-order valence-corrected chi connectivity index (χ4v) is 1.74. The Balaban J connectivity index is 2.14. The Morgan fingerprint density at radius 3 is 2.47 bits per heavy atom. The normalized spacial score (nSPS) is 19.8. The molecule has 0 radical (unpaired) electrons. The van der Waals surface area contributed by atoms with E-state index in [9.17, 15) is 13.2 Å². The Hall–Kier alpha value is -0.330. The van der Waals surface area contributed by atoms with E-state index in [1.807, 2.05) is 11.9 Å². The minimum Gasteiger partial charge on any atom is -0.317 e. The van der Waals surface area contributed by atoms with E-state index in [0.717, 1.165) is 25.9 Å². The van der Waals surface area contributed by atoms with Gasteiger partial charge in [-0.3, -0.25) is 4.74 Å². The molecule has 6 heteroatoms. The molecule has 1 rings (SSSR count). The first-order valence-corrected chi connectivity index (χ1v) is 5.10. The van der Waals surface area contributed by atoms with Gasteiger partial charge in [0.1, 0.15) is 0 Å². The van der Waals surface area contributed by atoms with Gasteiger partial charge in [-0.2, -0.15) is 0 Å². The molecule has 90 valence electrons. The van der Waals surface area contributed by atoms with Gasteiger partial charge in [0.25, 0.3) is 0 Å². The summed E-state index contributed by atoms with van der Waals surface area (Å²) in [4.78, 5) is 1.94. The van der Waals surface area contributed by atoms with Gasteiger partial charge >= 0.3 is 6.36 Å². The highest BCUT2D eigenvalue weighted by molar-refractivity contribution is 4.75. The minimum atomic E-state index is -4.50. The SMILES string of the molecule is CN(CCOC(F)(F)F)C1CCNCC1. The Kier molecular flexibility index (Phi) is 4.82. The molecule has 1 fully saturated rings. The summed E-state index contributed by atoms with van der Waals surface area (Å²) in [6.45, 7) is 1.92. The highest BCUT2D eigenvalue weighted by Gasteiger charge is 2.29. The Morgan fingerprint density at radius 2 is 1.93 bits per heavy atom. The summed E-state index contributed by atoms with van der Waals surface area (Å²) in [6.07, 6.45) is -2.53. The van der Waals surface area contributed by atoms with E-state index in [4.69, 9.17) is 0 Å². The van der Waals surface area contributed by atoms with Crippen LogP contribution in [0.15, 0.2) is 0 Å². The second-order valence-electron chi connectivity index (χ2n) is 3.76. The number of nitrogens with zero attached hydrogens (tertiary/aromatic N) is 1. The molecule has 1 saturated heterocycles. The topological polar surface area (TPSA) is 24.5 Å². The van der Waals surface area contributed by atoms with Crippen molar-refractivity contribution >= 4 is 0 Å². The van der Waals surface area contributed by atoms with Crippen LogP contribution in [0.2, 0.25) is 0 Å². The van der Waals surface area contributed by atoms with Gasteiger partial charge in [0, 0.05) is 12.6 Å². The molecule has 0 saturated carbocycles. The fourth-order valence-electron chi connectivity index (χ4n) is 1.74. The number of likely N-dealkylation sites (N-methyl/N-ethyl adjacent to an activating group) is 1. The Bertz CT molecular complexity index is 181. The second-order valence-corrected chi connectivity index (χ2v) is 3.76. The second kappa shape index (κ2) is 5.67. The number of hydrogen-bond donors (Lipinski definition) is 1. The highest BCUT2D eigenvalue weighted by Crippen LogP contribution is 2.16. The molecule has 1 aliphatic rings. The number of piperidine rings is 1. The van der Waals surface area contributed by atoms with Crippen molar-refractivity contribution in [2.75, 3.05) is 33.3 Å². The third-order valence-electron chi connectivity index (χ3n) is 2.64. The van der Waals surface area contributed by atoms with Crippen LogP contribution >= 0.6 is 0 Å². The van der Waals surface area contributed by atoms with E-state index < -0.39 is 6.36 Å². The average Bonchev–Trinajstić information content (AvgIpc) is 2.17. The van der Waals surface area contributed by atoms with E-state index >= 15 is 0 Å². The number of halogens is 3. The predicted molar refractivity (Wildman–Crippen MR) is 50.5 cm³/mol. The summed E-state index contributed by atoms with van der Waals surface area (Å²) in [5.74, 6) is 0. The summed E-state index contributed by atoms with van der Waals surface area (Å²) in [7, 11) is 1.84. The van der Waals surface area contributed by atoms with Crippen molar-refractivity contribution in [2.24, 2.45) is 0 Å². The van der Waals surface area contributed by atoms with Crippen LogP contribution in [-0.2, 0) is 4.74 Å². The Labute approximate surface area is 87.6 Å². The third kappa shape index (κ3) is 5.34. The molecule has 1 heterocycles. The first-order valence-electron chi connectivity index (χ1n) is 5.10. The van der Waals surface area contributed by atoms with Crippen LogP contribution in [-0.4, -0.2) is 50.6 Å². The monoisotopic (exact) mass is 226 g/mol. The van der Waals surface area contributed by atoms with Crippen molar-refractivity contribution in [3.8, 4) is 0 Å². The molecular weight excluding hydrogens is 209 g/mol. The maximum atomic E-state index is 11.7. The van der Waals surface area contributed by atoms with Crippen LogP contribution < -0.4 is 5.32 Å². The van der Waals surface area contributed by atoms with Crippen molar-refractivity contribution in [3.05, 3.63) is 0 Å². The highest BCUT2D eigenvalue weighted by atomic mass is 19.4. The first-order chi connectivity index (χ1) is 6.99. The predicted octanol–water partition coefficient (Wildman–Crippen LogP) is 1.21. The molecule has 1 N–H and O–H groups in total. The molecular formula is C9H17F3N2O. The lowest BCUT2D eigenvalue weighted by Gasteiger charge is -2.31. The molecule has 0 amide bonds. The average molecular weight is 226 g/mol. The van der Waals surface area contributed by atoms with Crippen molar-refractivity contribution in [2.45, 2.75) is 25.2 Å². The fraction of sp³-hybridized carbons (Fsp3) is 1.00. The van der Waals surface area contributed by atoms with E-state index in [2.05, 4.69) is 10.1 Å². The van der Waals surface area contributed by atoms with Gasteiger partial charge in [0.15, 0.2) is 0 Å². The van der Waals surface area contributed by atoms with E-state index in [-0.39, 0.29) is 6.61 Å². The van der Waals surface area contributed by atoms with Gasteiger partial charge in [0.2, 0.25) is 0 Å². The summed E-state index contributed by atoms with van der Waals surface area (Å²) in [5.41, 5.74) is 0. The standard InChI is InChI=1S/C9H17F3N2O/c1-14(6-7-15-9(10,11)12)8-2-4-13-5-3-8/h8,13H,2-7H2,1H3. The van der Waals surface area contributed by atoms with Gasteiger partial charge in [0.05, 0.1) is 6.61 Å². The molecule has 15 heavy (non-hydrogen) atoms. The third-order valence-corrected chi connectivity index (χ3v) is 2.64. The lowest BCUT2D eigenvalue weighted by molar-refractivity contribution is -0.325. The van der Waals surface area contributed by atoms with Crippen LogP contribution in [0.1, 0.15) is 12.8 Å². The Morgan fingerprint density at radius 1 is 1.33 bits per heavy atom. The van der Waals surface area contributed by atoms with Crippen molar-refractivity contribution < 1.29 is 17.9 Å². The zero-order valence-electron chi connectivity index (χ0n) is 8.81. The number of ether oxygens (including phenoxy) is 1. The van der Waals surface area contributed by atoms with Gasteiger partial charge < -0.3 is 10.2 Å². The largest absolute Gasteiger partial charge is 0.522 e. The number of nitrogens with one attached hydrogen (secondary N) is 1. The van der Waals surface area contributed by atoms with Crippen LogP contribution in [0.25, 0.3) is 0 Å². The van der Waals surface area contributed by atoms with E-state index in [1.165, 1.54) is 0 Å². The van der Waals surface area contributed by atoms with Crippen LogP contribution in [0.4, 0.5) is 13.2 Å². The molecule has 3 nitrogen and oxygen atoms in total. The van der Waals surface area contributed by atoms with E-state index in [1.54, 1.807) is 0 Å². The quantitative estimate of drug-likeness (QED) is 0.779. The van der Waals surface area contributed by atoms with Crippen LogP contribution in [0.3, 0.4) is 0 Å². The minimum absolute atomic E-state index is 0.288. The summed E-state index contributed by atoms with van der Waals surface area (Å²) in [6, 6.07) is 0.378. The molecule has 0 aromatic carbocycles. The lowest BCUT2D eigenvalue weighted by atomic mass is 10.1. The van der Waals surface area contributed by atoms with Gasteiger partial charge in [-0.15, -0.1) is 13.2 Å². The first kappa shape index (κ1) is 12.7. The summed E-state index contributed by atoms with van der Waals surface area (Å²) >= 11 is 0. The van der Waals surface area contributed by atoms with Crippen molar-refractivity contribution in [3.63, 3.8) is 0 Å². The zero-order chi connectivity index (χ0) is 11.3. The van der Waals surface area contributed by atoms with Crippen LogP contribution in [0, 0.1) is 0 Å².